The first-order chi connectivity index (χ1) is 12.7. The SMILES string of the molecule is CCn1cncc1CNC(=O)Nc1ccc(OC[C@@H]2CCCCO2)cc1. The maximum Gasteiger partial charge on any atom is 0.319 e. The predicted molar refractivity (Wildman–Crippen MR) is 99.3 cm³/mol. The molecule has 7 nitrogen and oxygen atoms in total. The largest absolute Gasteiger partial charge is 0.491 e. The third-order valence-electron chi connectivity index (χ3n) is 4.39. The van der Waals surface area contributed by atoms with Crippen LogP contribution >= 0.6 is 0 Å². The Kier molecular flexibility index (Phi) is 6.49. The lowest BCUT2D eigenvalue weighted by molar-refractivity contribution is -0.0110. The Balaban J connectivity index is 1.42. The molecule has 0 spiro atoms. The first-order valence-corrected chi connectivity index (χ1v) is 9.13. The van der Waals surface area contributed by atoms with Gasteiger partial charge in [-0.05, 0) is 50.5 Å². The van der Waals surface area contributed by atoms with E-state index in [0.29, 0.717) is 18.8 Å². The minimum Gasteiger partial charge on any atom is -0.491 e. The zero-order valence-electron chi connectivity index (χ0n) is 15.1. The fraction of sp³-hybridized carbons (Fsp3) is 0.474. The van der Waals surface area contributed by atoms with Crippen LogP contribution in [0.25, 0.3) is 0 Å². The minimum atomic E-state index is -0.252. The molecule has 1 aliphatic heterocycles. The molecule has 0 aliphatic carbocycles. The molecule has 0 unspecified atom stereocenters. The van der Waals surface area contributed by atoms with Crippen molar-refractivity contribution >= 4 is 11.7 Å². The normalized spacial score (nSPS) is 16.9. The van der Waals surface area contributed by atoms with Gasteiger partial charge in [0.25, 0.3) is 0 Å². The average Bonchev–Trinajstić information content (AvgIpc) is 3.14. The van der Waals surface area contributed by atoms with Gasteiger partial charge in [0.1, 0.15) is 12.4 Å². The molecular formula is C19H26N4O3. The third-order valence-corrected chi connectivity index (χ3v) is 4.39. The highest BCUT2D eigenvalue weighted by Crippen LogP contribution is 2.18. The highest BCUT2D eigenvalue weighted by molar-refractivity contribution is 5.89. The maximum absolute atomic E-state index is 12.0. The molecule has 26 heavy (non-hydrogen) atoms. The zero-order valence-corrected chi connectivity index (χ0v) is 15.1. The standard InChI is InChI=1S/C19H26N4O3/c1-2-23-14-20-11-16(23)12-21-19(24)22-15-6-8-17(9-7-15)26-13-18-5-3-4-10-25-18/h6-9,11,14,18H,2-5,10,12-13H2,1H3,(H2,21,22,24)/t18-/m0/s1. The molecule has 0 bridgehead atoms. The number of ether oxygens (including phenoxy) is 2. The monoisotopic (exact) mass is 358 g/mol. The summed E-state index contributed by atoms with van der Waals surface area (Å²) >= 11 is 0. The lowest BCUT2D eigenvalue weighted by atomic mass is 10.1. The molecule has 140 valence electrons. The van der Waals surface area contributed by atoms with Crippen LogP contribution in [0.5, 0.6) is 5.75 Å². The van der Waals surface area contributed by atoms with Crippen molar-refractivity contribution in [3.63, 3.8) is 0 Å². The van der Waals surface area contributed by atoms with Crippen LogP contribution in [0.1, 0.15) is 31.9 Å². The lowest BCUT2D eigenvalue weighted by Crippen LogP contribution is -2.29. The number of benzene rings is 1. The molecule has 2 amide bonds. The Bertz CT molecular complexity index is 693. The second kappa shape index (κ2) is 9.24. The van der Waals surface area contributed by atoms with Crippen molar-refractivity contribution in [3.8, 4) is 5.75 Å². The first kappa shape index (κ1) is 18.3. The van der Waals surface area contributed by atoms with Crippen LogP contribution < -0.4 is 15.4 Å². The number of amides is 2. The molecule has 2 aromatic rings. The molecule has 2 heterocycles. The molecule has 7 heteroatoms. The van der Waals surface area contributed by atoms with Gasteiger partial charge in [0, 0.05) is 25.0 Å². The van der Waals surface area contributed by atoms with E-state index in [-0.39, 0.29) is 12.1 Å². The van der Waals surface area contributed by atoms with Crippen LogP contribution in [0.4, 0.5) is 10.5 Å². The summed E-state index contributed by atoms with van der Waals surface area (Å²) in [5.74, 6) is 0.775. The number of nitrogens with one attached hydrogen (secondary N) is 2. The van der Waals surface area contributed by atoms with Gasteiger partial charge in [-0.3, -0.25) is 0 Å². The van der Waals surface area contributed by atoms with Gasteiger partial charge in [-0.1, -0.05) is 0 Å². The molecular weight excluding hydrogens is 332 g/mol. The van der Waals surface area contributed by atoms with E-state index in [2.05, 4.69) is 15.6 Å². The lowest BCUT2D eigenvalue weighted by Gasteiger charge is -2.22. The number of imidazole rings is 1. The summed E-state index contributed by atoms with van der Waals surface area (Å²) < 4.78 is 13.4. The second-order valence-corrected chi connectivity index (χ2v) is 6.30. The smallest absolute Gasteiger partial charge is 0.319 e. The van der Waals surface area contributed by atoms with E-state index >= 15 is 0 Å². The fourth-order valence-electron chi connectivity index (χ4n) is 2.89. The van der Waals surface area contributed by atoms with E-state index in [4.69, 9.17) is 9.47 Å². The van der Waals surface area contributed by atoms with Crippen LogP contribution in [0, 0.1) is 0 Å². The summed E-state index contributed by atoms with van der Waals surface area (Å²) in [6.07, 6.45) is 7.09. The van der Waals surface area contributed by atoms with Crippen molar-refractivity contribution in [2.24, 2.45) is 0 Å². The Morgan fingerprint density at radius 2 is 2.19 bits per heavy atom. The molecule has 1 fully saturated rings. The molecule has 0 radical (unpaired) electrons. The highest BCUT2D eigenvalue weighted by atomic mass is 16.5. The topological polar surface area (TPSA) is 77.4 Å². The summed E-state index contributed by atoms with van der Waals surface area (Å²) in [6, 6.07) is 7.10. The molecule has 1 saturated heterocycles. The van der Waals surface area contributed by atoms with E-state index in [1.807, 2.05) is 35.8 Å². The van der Waals surface area contributed by atoms with Crippen LogP contribution in [0.3, 0.4) is 0 Å². The van der Waals surface area contributed by atoms with Gasteiger partial charge in [-0.25, -0.2) is 9.78 Å². The Labute approximate surface area is 153 Å². The van der Waals surface area contributed by atoms with Crippen molar-refractivity contribution in [2.45, 2.75) is 45.4 Å². The fourth-order valence-corrected chi connectivity index (χ4v) is 2.89. The summed E-state index contributed by atoms with van der Waals surface area (Å²) in [7, 11) is 0. The van der Waals surface area contributed by atoms with Crippen LogP contribution in [-0.4, -0.2) is 34.9 Å². The molecule has 0 saturated carbocycles. The van der Waals surface area contributed by atoms with E-state index in [0.717, 1.165) is 37.4 Å². The number of hydrogen-bond donors (Lipinski definition) is 2. The third kappa shape index (κ3) is 5.23. The van der Waals surface area contributed by atoms with E-state index < -0.39 is 0 Å². The molecule has 3 rings (SSSR count). The number of anilines is 1. The van der Waals surface area contributed by atoms with Crippen molar-refractivity contribution in [2.75, 3.05) is 18.5 Å². The van der Waals surface area contributed by atoms with Crippen LogP contribution in [0.2, 0.25) is 0 Å². The summed E-state index contributed by atoms with van der Waals surface area (Å²) in [4.78, 5) is 16.1. The number of aryl methyl sites for hydroxylation is 1. The number of carbonyl (C=O) groups excluding carboxylic acids is 1. The Morgan fingerprint density at radius 3 is 2.92 bits per heavy atom. The average molecular weight is 358 g/mol. The molecule has 1 atom stereocenters. The number of aromatic nitrogens is 2. The van der Waals surface area contributed by atoms with E-state index in [9.17, 15) is 4.79 Å². The van der Waals surface area contributed by atoms with E-state index in [1.54, 1.807) is 12.5 Å². The van der Waals surface area contributed by atoms with Gasteiger partial charge < -0.3 is 24.7 Å². The van der Waals surface area contributed by atoms with Crippen LogP contribution in [-0.2, 0) is 17.8 Å². The minimum absolute atomic E-state index is 0.184. The Morgan fingerprint density at radius 1 is 1.35 bits per heavy atom. The van der Waals surface area contributed by atoms with Crippen molar-refractivity contribution in [1.82, 2.24) is 14.9 Å². The molecule has 1 aliphatic rings. The highest BCUT2D eigenvalue weighted by Gasteiger charge is 2.14. The first-order valence-electron chi connectivity index (χ1n) is 9.13. The number of rotatable bonds is 7. The van der Waals surface area contributed by atoms with E-state index in [1.165, 1.54) is 6.42 Å². The summed E-state index contributed by atoms with van der Waals surface area (Å²) in [6.45, 7) is 4.69. The molecule has 1 aromatic heterocycles. The van der Waals surface area contributed by atoms with Gasteiger partial charge in [0.2, 0.25) is 0 Å². The molecule has 1 aromatic carbocycles. The van der Waals surface area contributed by atoms with Crippen molar-refractivity contribution in [3.05, 3.63) is 42.5 Å². The van der Waals surface area contributed by atoms with Gasteiger partial charge in [0.05, 0.1) is 24.7 Å². The maximum atomic E-state index is 12.0. The zero-order chi connectivity index (χ0) is 18.2. The van der Waals surface area contributed by atoms with Gasteiger partial charge in [-0.2, -0.15) is 0 Å². The number of nitrogens with zero attached hydrogens (tertiary/aromatic N) is 2. The van der Waals surface area contributed by atoms with Crippen molar-refractivity contribution in [1.29, 1.82) is 0 Å². The second-order valence-electron chi connectivity index (χ2n) is 6.30. The van der Waals surface area contributed by atoms with Gasteiger partial charge in [0.15, 0.2) is 0 Å². The predicted octanol–water partition coefficient (Wildman–Crippen LogP) is 3.17. The van der Waals surface area contributed by atoms with Crippen LogP contribution in [0.15, 0.2) is 36.8 Å². The summed E-state index contributed by atoms with van der Waals surface area (Å²) in [5.41, 5.74) is 1.68. The summed E-state index contributed by atoms with van der Waals surface area (Å²) in [5, 5.41) is 5.65. The molecule has 2 N–H and O–H groups in total. The number of urea groups is 1. The Hall–Kier alpha value is -2.54. The van der Waals surface area contributed by atoms with Crippen molar-refractivity contribution < 1.29 is 14.3 Å². The van der Waals surface area contributed by atoms with Gasteiger partial charge >= 0.3 is 6.03 Å². The van der Waals surface area contributed by atoms with Gasteiger partial charge in [-0.15, -0.1) is 0 Å². The number of hydrogen-bond acceptors (Lipinski definition) is 4. The quantitative estimate of drug-likeness (QED) is 0.797. The number of carbonyl (C=O) groups is 1.